The summed E-state index contributed by atoms with van der Waals surface area (Å²) in [6.07, 6.45) is 5.21. The molecule has 2 nitrogen and oxygen atoms in total. The van der Waals surface area contributed by atoms with Gasteiger partial charge in [-0.3, -0.25) is 0 Å². The number of fused-ring (bicyclic) bond motifs is 1. The summed E-state index contributed by atoms with van der Waals surface area (Å²) < 4.78 is 5.28. The minimum atomic E-state index is 0.717. The monoisotopic (exact) mass is 217 g/mol. The molecule has 86 valence electrons. The summed E-state index contributed by atoms with van der Waals surface area (Å²) in [5.74, 6) is 1.74. The summed E-state index contributed by atoms with van der Waals surface area (Å²) in [4.78, 5) is 0. The quantitative estimate of drug-likeness (QED) is 0.821. The van der Waals surface area contributed by atoms with Crippen molar-refractivity contribution in [3.63, 3.8) is 0 Å². The molecule has 2 heteroatoms. The van der Waals surface area contributed by atoms with Crippen LogP contribution in [-0.4, -0.2) is 19.7 Å². The second-order valence-corrected chi connectivity index (χ2v) is 4.91. The predicted molar refractivity (Wildman–Crippen MR) is 65.1 cm³/mol. The lowest BCUT2D eigenvalue weighted by Gasteiger charge is -2.19. The fourth-order valence-electron chi connectivity index (χ4n) is 3.23. The van der Waals surface area contributed by atoms with E-state index in [2.05, 4.69) is 23.5 Å². The van der Waals surface area contributed by atoms with Crippen molar-refractivity contribution in [1.82, 2.24) is 5.32 Å². The van der Waals surface area contributed by atoms with Crippen LogP contribution < -0.4 is 10.1 Å². The van der Waals surface area contributed by atoms with Gasteiger partial charge in [0.2, 0.25) is 0 Å². The van der Waals surface area contributed by atoms with Gasteiger partial charge in [0.15, 0.2) is 0 Å². The number of benzene rings is 1. The molecule has 1 N–H and O–H groups in total. The number of ether oxygens (including phenoxy) is 1. The van der Waals surface area contributed by atoms with E-state index in [1.807, 2.05) is 0 Å². The molecule has 0 radical (unpaired) electrons. The van der Waals surface area contributed by atoms with Crippen LogP contribution in [0.25, 0.3) is 0 Å². The second kappa shape index (κ2) is 4.10. The third-order valence-corrected chi connectivity index (χ3v) is 4.06. The summed E-state index contributed by atoms with van der Waals surface area (Å²) in [6, 6.07) is 7.30. The zero-order chi connectivity index (χ0) is 11.0. The summed E-state index contributed by atoms with van der Waals surface area (Å²) in [5, 5.41) is 3.64. The van der Waals surface area contributed by atoms with Crippen molar-refractivity contribution in [2.75, 3.05) is 13.7 Å². The Morgan fingerprint density at radius 2 is 2.25 bits per heavy atom. The maximum absolute atomic E-state index is 5.28. The van der Waals surface area contributed by atoms with Crippen LogP contribution in [0.2, 0.25) is 0 Å². The molecule has 2 atom stereocenters. The summed E-state index contributed by atoms with van der Waals surface area (Å²) in [7, 11) is 1.74. The fourth-order valence-corrected chi connectivity index (χ4v) is 3.23. The van der Waals surface area contributed by atoms with E-state index in [1.165, 1.54) is 37.8 Å². The lowest BCUT2D eigenvalue weighted by molar-refractivity contribution is 0.414. The Morgan fingerprint density at radius 1 is 1.31 bits per heavy atom. The molecule has 1 fully saturated rings. The van der Waals surface area contributed by atoms with Crippen LogP contribution in [0.3, 0.4) is 0 Å². The topological polar surface area (TPSA) is 21.3 Å². The molecule has 0 bridgehead atoms. The minimum absolute atomic E-state index is 0.717. The average molecular weight is 217 g/mol. The van der Waals surface area contributed by atoms with Crippen LogP contribution in [0.15, 0.2) is 18.2 Å². The van der Waals surface area contributed by atoms with E-state index in [9.17, 15) is 0 Å². The molecule has 0 aromatic heterocycles. The maximum atomic E-state index is 5.28. The molecule has 0 spiro atoms. The molecule has 0 saturated carbocycles. The molecular formula is C14H19NO. The van der Waals surface area contributed by atoms with E-state index in [1.54, 1.807) is 12.7 Å². The van der Waals surface area contributed by atoms with E-state index in [0.29, 0.717) is 0 Å². The van der Waals surface area contributed by atoms with Crippen LogP contribution in [0.1, 0.15) is 36.3 Å². The van der Waals surface area contributed by atoms with Crippen LogP contribution >= 0.6 is 0 Å². The smallest absolute Gasteiger partial charge is 0.119 e. The Morgan fingerprint density at radius 3 is 3.00 bits per heavy atom. The standard InChI is InChI=1S/C14H19NO/c1-16-11-5-7-12-10(9-11)4-6-13(12)14-3-2-8-15-14/h5,7,9,13-15H,2-4,6,8H2,1H3. The van der Waals surface area contributed by atoms with Gasteiger partial charge < -0.3 is 10.1 Å². The van der Waals surface area contributed by atoms with Crippen molar-refractivity contribution >= 4 is 0 Å². The minimum Gasteiger partial charge on any atom is -0.497 e. The molecule has 1 aliphatic carbocycles. The number of hydrogen-bond donors (Lipinski definition) is 1. The highest BCUT2D eigenvalue weighted by atomic mass is 16.5. The number of nitrogens with one attached hydrogen (secondary N) is 1. The molecule has 1 aromatic rings. The van der Waals surface area contributed by atoms with E-state index in [0.717, 1.165) is 17.7 Å². The summed E-state index contributed by atoms with van der Waals surface area (Å²) in [5.41, 5.74) is 3.05. The largest absolute Gasteiger partial charge is 0.497 e. The highest BCUT2D eigenvalue weighted by molar-refractivity contribution is 5.41. The van der Waals surface area contributed by atoms with Gasteiger partial charge in [0.1, 0.15) is 5.75 Å². The first kappa shape index (κ1) is 10.2. The number of methoxy groups -OCH3 is 1. The summed E-state index contributed by atoms with van der Waals surface area (Å²) in [6.45, 7) is 1.20. The van der Waals surface area contributed by atoms with Crippen molar-refractivity contribution in [2.45, 2.75) is 37.6 Å². The molecular weight excluding hydrogens is 198 g/mol. The van der Waals surface area contributed by atoms with Gasteiger partial charge in [-0.05, 0) is 61.4 Å². The fraction of sp³-hybridized carbons (Fsp3) is 0.571. The molecule has 16 heavy (non-hydrogen) atoms. The highest BCUT2D eigenvalue weighted by Gasteiger charge is 2.31. The van der Waals surface area contributed by atoms with Crippen LogP contribution in [-0.2, 0) is 6.42 Å². The molecule has 1 heterocycles. The van der Waals surface area contributed by atoms with Crippen molar-refractivity contribution < 1.29 is 4.74 Å². The Bertz CT molecular complexity index is 382. The van der Waals surface area contributed by atoms with E-state index < -0.39 is 0 Å². The van der Waals surface area contributed by atoms with Crippen molar-refractivity contribution in [3.8, 4) is 5.75 Å². The second-order valence-electron chi connectivity index (χ2n) is 4.91. The van der Waals surface area contributed by atoms with Gasteiger partial charge in [-0.15, -0.1) is 0 Å². The zero-order valence-electron chi connectivity index (χ0n) is 9.83. The van der Waals surface area contributed by atoms with Crippen molar-refractivity contribution in [3.05, 3.63) is 29.3 Å². The molecule has 1 aliphatic heterocycles. The van der Waals surface area contributed by atoms with Crippen molar-refractivity contribution in [1.29, 1.82) is 0 Å². The van der Waals surface area contributed by atoms with Gasteiger partial charge in [-0.1, -0.05) is 6.07 Å². The van der Waals surface area contributed by atoms with Gasteiger partial charge in [0, 0.05) is 6.04 Å². The normalized spacial score (nSPS) is 28.1. The highest BCUT2D eigenvalue weighted by Crippen LogP contribution is 2.39. The first-order chi connectivity index (χ1) is 7.88. The predicted octanol–water partition coefficient (Wildman–Crippen LogP) is 2.48. The lowest BCUT2D eigenvalue weighted by Crippen LogP contribution is -2.27. The molecule has 3 rings (SSSR count). The van der Waals surface area contributed by atoms with Gasteiger partial charge in [-0.25, -0.2) is 0 Å². The van der Waals surface area contributed by atoms with Crippen LogP contribution in [0, 0.1) is 0 Å². The molecule has 0 amide bonds. The Kier molecular flexibility index (Phi) is 2.60. The van der Waals surface area contributed by atoms with E-state index >= 15 is 0 Å². The Hall–Kier alpha value is -1.02. The molecule has 1 saturated heterocycles. The van der Waals surface area contributed by atoms with E-state index in [-0.39, 0.29) is 0 Å². The van der Waals surface area contributed by atoms with E-state index in [4.69, 9.17) is 4.74 Å². The maximum Gasteiger partial charge on any atom is 0.119 e. The SMILES string of the molecule is COc1ccc2c(c1)CCC2C1CCCN1. The Labute approximate surface area is 97.0 Å². The summed E-state index contributed by atoms with van der Waals surface area (Å²) >= 11 is 0. The van der Waals surface area contributed by atoms with Crippen LogP contribution in [0.5, 0.6) is 5.75 Å². The third-order valence-electron chi connectivity index (χ3n) is 4.06. The third kappa shape index (κ3) is 1.61. The average Bonchev–Trinajstić information content (AvgIpc) is 2.96. The molecule has 2 aliphatic rings. The first-order valence-corrected chi connectivity index (χ1v) is 6.28. The molecule has 2 unspecified atom stereocenters. The number of rotatable bonds is 2. The number of hydrogen-bond acceptors (Lipinski definition) is 2. The zero-order valence-corrected chi connectivity index (χ0v) is 9.83. The first-order valence-electron chi connectivity index (χ1n) is 6.28. The van der Waals surface area contributed by atoms with Crippen molar-refractivity contribution in [2.24, 2.45) is 0 Å². The van der Waals surface area contributed by atoms with Gasteiger partial charge in [0.05, 0.1) is 7.11 Å². The van der Waals surface area contributed by atoms with Gasteiger partial charge >= 0.3 is 0 Å². The van der Waals surface area contributed by atoms with Gasteiger partial charge in [-0.2, -0.15) is 0 Å². The lowest BCUT2D eigenvalue weighted by atomic mass is 9.92. The number of aryl methyl sites for hydroxylation is 1. The molecule has 1 aromatic carbocycles. The van der Waals surface area contributed by atoms with Gasteiger partial charge in [0.25, 0.3) is 0 Å². The Balaban J connectivity index is 1.87. The van der Waals surface area contributed by atoms with Crippen LogP contribution in [0.4, 0.5) is 0 Å².